The first-order valence-electron chi connectivity index (χ1n) is 8.21. The molecular weight excluding hydrogens is 367 g/mol. The molecule has 0 saturated heterocycles. The van der Waals surface area contributed by atoms with Gasteiger partial charge in [-0.25, -0.2) is 4.39 Å². The van der Waals surface area contributed by atoms with Crippen LogP contribution >= 0.6 is 11.6 Å². The Bertz CT molecular complexity index is 974. The Morgan fingerprint density at radius 2 is 1.52 bits per heavy atom. The van der Waals surface area contributed by atoms with E-state index in [1.807, 2.05) is 0 Å². The molecule has 27 heavy (non-hydrogen) atoms. The highest BCUT2D eigenvalue weighted by Gasteiger charge is 2.11. The fourth-order valence-corrected chi connectivity index (χ4v) is 2.65. The second-order valence-corrected chi connectivity index (χ2v) is 6.29. The first-order chi connectivity index (χ1) is 13.0. The third kappa shape index (κ3) is 5.15. The summed E-state index contributed by atoms with van der Waals surface area (Å²) in [6.07, 6.45) is 0. The molecule has 3 rings (SSSR count). The van der Waals surface area contributed by atoms with E-state index in [0.29, 0.717) is 21.8 Å². The van der Waals surface area contributed by atoms with Crippen molar-refractivity contribution in [3.63, 3.8) is 0 Å². The van der Waals surface area contributed by atoms with E-state index in [-0.39, 0.29) is 24.2 Å². The molecule has 0 heterocycles. The first kappa shape index (κ1) is 18.6. The van der Waals surface area contributed by atoms with Crippen LogP contribution in [0, 0.1) is 5.82 Å². The lowest BCUT2D eigenvalue weighted by molar-refractivity contribution is 0.0951. The summed E-state index contributed by atoms with van der Waals surface area (Å²) < 4.78 is 12.9. The van der Waals surface area contributed by atoms with Crippen molar-refractivity contribution in [2.24, 2.45) is 0 Å². The molecule has 0 fully saturated rings. The lowest BCUT2D eigenvalue weighted by Gasteiger charge is -2.08. The molecule has 0 aliphatic rings. The number of nitrogens with one attached hydrogen (secondary N) is 2. The summed E-state index contributed by atoms with van der Waals surface area (Å²) in [4.78, 5) is 24.7. The van der Waals surface area contributed by atoms with Crippen molar-refractivity contribution in [3.05, 3.63) is 100 Å². The van der Waals surface area contributed by atoms with Crippen molar-refractivity contribution in [2.75, 3.05) is 5.32 Å². The quantitative estimate of drug-likeness (QED) is 0.674. The van der Waals surface area contributed by atoms with Gasteiger partial charge in [0.1, 0.15) is 5.82 Å². The van der Waals surface area contributed by atoms with E-state index in [2.05, 4.69) is 10.6 Å². The summed E-state index contributed by atoms with van der Waals surface area (Å²) in [5, 5.41) is 6.00. The predicted molar refractivity (Wildman–Crippen MR) is 103 cm³/mol. The van der Waals surface area contributed by atoms with Gasteiger partial charge in [-0.1, -0.05) is 35.9 Å². The molecule has 0 aliphatic heterocycles. The largest absolute Gasteiger partial charge is 0.348 e. The van der Waals surface area contributed by atoms with Gasteiger partial charge < -0.3 is 10.6 Å². The molecular formula is C21H16ClFN2O2. The molecule has 0 atom stereocenters. The zero-order valence-electron chi connectivity index (χ0n) is 14.2. The highest BCUT2D eigenvalue weighted by Crippen LogP contribution is 2.16. The van der Waals surface area contributed by atoms with Crippen molar-refractivity contribution in [2.45, 2.75) is 6.54 Å². The van der Waals surface area contributed by atoms with E-state index >= 15 is 0 Å². The van der Waals surface area contributed by atoms with Gasteiger partial charge in [0.2, 0.25) is 0 Å². The molecule has 0 bridgehead atoms. The molecule has 3 aromatic carbocycles. The number of amides is 2. The Balaban J connectivity index is 1.66. The van der Waals surface area contributed by atoms with Gasteiger partial charge in [-0.2, -0.15) is 0 Å². The molecule has 2 amide bonds. The monoisotopic (exact) mass is 382 g/mol. The topological polar surface area (TPSA) is 58.2 Å². The molecule has 0 aliphatic carbocycles. The number of halogens is 2. The second-order valence-electron chi connectivity index (χ2n) is 5.85. The third-order valence-corrected chi connectivity index (χ3v) is 4.07. The van der Waals surface area contributed by atoms with Gasteiger partial charge in [-0.3, -0.25) is 9.59 Å². The summed E-state index contributed by atoms with van der Waals surface area (Å²) in [6.45, 7) is 0.262. The Labute approximate surface area is 161 Å². The van der Waals surface area contributed by atoms with Crippen LogP contribution in [0.1, 0.15) is 26.3 Å². The van der Waals surface area contributed by atoms with Gasteiger partial charge in [0.15, 0.2) is 0 Å². The smallest absolute Gasteiger partial charge is 0.255 e. The number of hydrogen-bond acceptors (Lipinski definition) is 2. The van der Waals surface area contributed by atoms with Crippen LogP contribution in [0.4, 0.5) is 10.1 Å². The Morgan fingerprint density at radius 3 is 2.22 bits per heavy atom. The molecule has 0 unspecified atom stereocenters. The second kappa shape index (κ2) is 8.47. The van der Waals surface area contributed by atoms with E-state index in [4.69, 9.17) is 11.6 Å². The standard InChI is InChI=1S/C21H16ClFN2O2/c22-17-5-2-6-19(12-17)25-21(27)16-4-1-3-15(11-16)20(26)24-13-14-7-9-18(23)10-8-14/h1-12H,13H2,(H,24,26)(H,25,27). The first-order valence-corrected chi connectivity index (χ1v) is 8.59. The highest BCUT2D eigenvalue weighted by atomic mass is 35.5. The summed E-state index contributed by atoms with van der Waals surface area (Å²) in [5.41, 5.74) is 2.05. The number of hydrogen-bond donors (Lipinski definition) is 2. The van der Waals surface area contributed by atoms with E-state index in [1.54, 1.807) is 54.6 Å². The minimum absolute atomic E-state index is 0.262. The van der Waals surface area contributed by atoms with Crippen LogP contribution in [0.15, 0.2) is 72.8 Å². The molecule has 3 aromatic rings. The maximum atomic E-state index is 12.9. The number of rotatable bonds is 5. The maximum Gasteiger partial charge on any atom is 0.255 e. The van der Waals surface area contributed by atoms with E-state index in [1.165, 1.54) is 18.2 Å². The van der Waals surface area contributed by atoms with E-state index < -0.39 is 0 Å². The molecule has 2 N–H and O–H groups in total. The summed E-state index contributed by atoms with van der Waals surface area (Å²) in [5.74, 6) is -0.995. The predicted octanol–water partition coefficient (Wildman–Crippen LogP) is 4.66. The van der Waals surface area contributed by atoms with Crippen molar-refractivity contribution >= 4 is 29.1 Å². The van der Waals surface area contributed by atoms with Gasteiger partial charge in [0.25, 0.3) is 11.8 Å². The molecule has 0 spiro atoms. The SMILES string of the molecule is O=C(NCc1ccc(F)cc1)c1cccc(C(=O)Nc2cccc(Cl)c2)c1. The third-order valence-electron chi connectivity index (χ3n) is 3.84. The molecule has 0 saturated carbocycles. The molecule has 0 aromatic heterocycles. The van der Waals surface area contributed by atoms with Gasteiger partial charge in [-0.15, -0.1) is 0 Å². The number of benzene rings is 3. The molecule has 6 heteroatoms. The van der Waals surface area contributed by atoms with Crippen LogP contribution in [-0.4, -0.2) is 11.8 Å². The number of carbonyl (C=O) groups is 2. The van der Waals surface area contributed by atoms with Crippen molar-refractivity contribution in [3.8, 4) is 0 Å². The Kier molecular flexibility index (Phi) is 5.84. The maximum absolute atomic E-state index is 12.9. The normalized spacial score (nSPS) is 10.3. The van der Waals surface area contributed by atoms with Crippen LogP contribution in [0.25, 0.3) is 0 Å². The highest BCUT2D eigenvalue weighted by molar-refractivity contribution is 6.31. The van der Waals surface area contributed by atoms with Gasteiger partial charge in [-0.05, 0) is 54.1 Å². The average Bonchev–Trinajstić information content (AvgIpc) is 2.67. The lowest BCUT2D eigenvalue weighted by atomic mass is 10.1. The van der Waals surface area contributed by atoms with Crippen molar-refractivity contribution in [1.82, 2.24) is 5.32 Å². The zero-order valence-corrected chi connectivity index (χ0v) is 15.0. The lowest BCUT2D eigenvalue weighted by Crippen LogP contribution is -2.23. The fourth-order valence-electron chi connectivity index (χ4n) is 2.46. The molecule has 136 valence electrons. The van der Waals surface area contributed by atoms with E-state index in [9.17, 15) is 14.0 Å². The number of anilines is 1. The van der Waals surface area contributed by atoms with Gasteiger partial charge in [0.05, 0.1) is 0 Å². The average molecular weight is 383 g/mol. The summed E-state index contributed by atoms with van der Waals surface area (Å²) in [6, 6.07) is 19.1. The van der Waals surface area contributed by atoms with Gasteiger partial charge >= 0.3 is 0 Å². The van der Waals surface area contributed by atoms with Crippen LogP contribution in [0.3, 0.4) is 0 Å². The van der Waals surface area contributed by atoms with E-state index in [0.717, 1.165) is 5.56 Å². The minimum Gasteiger partial charge on any atom is -0.348 e. The summed E-state index contributed by atoms with van der Waals surface area (Å²) >= 11 is 5.91. The van der Waals surface area contributed by atoms with Crippen LogP contribution < -0.4 is 10.6 Å². The summed E-state index contributed by atoms with van der Waals surface area (Å²) in [7, 11) is 0. The van der Waals surface area contributed by atoms with Crippen LogP contribution in [0.5, 0.6) is 0 Å². The van der Waals surface area contributed by atoms with Gasteiger partial charge in [0, 0.05) is 28.4 Å². The van der Waals surface area contributed by atoms with Crippen LogP contribution in [-0.2, 0) is 6.54 Å². The Hall–Kier alpha value is -3.18. The fraction of sp³-hybridized carbons (Fsp3) is 0.0476. The van der Waals surface area contributed by atoms with Crippen molar-refractivity contribution in [1.29, 1.82) is 0 Å². The van der Waals surface area contributed by atoms with Crippen molar-refractivity contribution < 1.29 is 14.0 Å². The molecule has 0 radical (unpaired) electrons. The van der Waals surface area contributed by atoms with Crippen LogP contribution in [0.2, 0.25) is 5.02 Å². The zero-order chi connectivity index (χ0) is 19.2. The Morgan fingerprint density at radius 1 is 0.852 bits per heavy atom. The number of carbonyl (C=O) groups excluding carboxylic acids is 2. The minimum atomic E-state index is -0.342. The molecule has 4 nitrogen and oxygen atoms in total.